The molecule has 150 valence electrons. The van der Waals surface area contributed by atoms with Crippen molar-refractivity contribution in [2.24, 2.45) is 4.99 Å². The van der Waals surface area contributed by atoms with Crippen LogP contribution in [0.25, 0.3) is 0 Å². The number of aliphatic imine (C=N–C) groups is 1. The Balaban J connectivity index is 1.84. The second-order valence-corrected chi connectivity index (χ2v) is 6.60. The van der Waals surface area contributed by atoms with Crippen LogP contribution in [0.2, 0.25) is 0 Å². The van der Waals surface area contributed by atoms with Crippen molar-refractivity contribution in [3.05, 3.63) is 52.5 Å². The molecule has 2 rings (SSSR count). The molecular formula is C20H25BrN4O3. The molecule has 0 heterocycles. The maximum atomic E-state index is 12.1. The predicted octanol–water partition coefficient (Wildman–Crippen LogP) is 3.27. The second kappa shape index (κ2) is 11.2. The molecule has 1 amide bonds. The Labute approximate surface area is 173 Å². The molecule has 0 unspecified atom stereocenters. The zero-order valence-corrected chi connectivity index (χ0v) is 17.8. The highest BCUT2D eigenvalue weighted by atomic mass is 79.9. The van der Waals surface area contributed by atoms with Crippen molar-refractivity contribution in [3.8, 4) is 11.5 Å². The minimum absolute atomic E-state index is 0.123. The zero-order valence-electron chi connectivity index (χ0n) is 16.2. The third-order valence-corrected chi connectivity index (χ3v) is 4.23. The molecule has 2 aromatic carbocycles. The molecule has 2 aromatic rings. The highest BCUT2D eigenvalue weighted by molar-refractivity contribution is 9.10. The smallest absolute Gasteiger partial charge is 0.251 e. The van der Waals surface area contributed by atoms with Gasteiger partial charge in [0.1, 0.15) is 0 Å². The summed E-state index contributed by atoms with van der Waals surface area (Å²) in [7, 11) is 3.29. The standard InChI is InChI=1S/C20H25BrN4O3/c1-4-28-18-13-16(8-9-17(18)27-3)25-20(22-2)24-11-10-23-19(26)14-6-5-7-15(21)12-14/h5-9,12-13H,4,10-11H2,1-3H3,(H,23,26)(H2,22,24,25). The van der Waals surface area contributed by atoms with Gasteiger partial charge in [-0.2, -0.15) is 0 Å². The van der Waals surface area contributed by atoms with Gasteiger partial charge in [0, 0.05) is 41.9 Å². The quantitative estimate of drug-likeness (QED) is 0.327. The number of rotatable bonds is 8. The molecule has 0 bridgehead atoms. The number of carbonyl (C=O) groups is 1. The van der Waals surface area contributed by atoms with Crippen molar-refractivity contribution in [2.45, 2.75) is 6.92 Å². The van der Waals surface area contributed by atoms with Gasteiger partial charge in [-0.05, 0) is 37.3 Å². The topological polar surface area (TPSA) is 84.0 Å². The van der Waals surface area contributed by atoms with Crippen molar-refractivity contribution in [3.63, 3.8) is 0 Å². The van der Waals surface area contributed by atoms with Gasteiger partial charge >= 0.3 is 0 Å². The van der Waals surface area contributed by atoms with E-state index in [1.54, 1.807) is 26.3 Å². The van der Waals surface area contributed by atoms with E-state index in [0.717, 1.165) is 10.2 Å². The predicted molar refractivity (Wildman–Crippen MR) is 116 cm³/mol. The van der Waals surface area contributed by atoms with E-state index in [1.165, 1.54) is 0 Å². The van der Waals surface area contributed by atoms with E-state index in [4.69, 9.17) is 9.47 Å². The molecule has 0 aromatic heterocycles. The summed E-state index contributed by atoms with van der Waals surface area (Å²) in [6, 6.07) is 12.8. The third kappa shape index (κ3) is 6.45. The number of anilines is 1. The van der Waals surface area contributed by atoms with Crippen LogP contribution in [0.5, 0.6) is 11.5 Å². The van der Waals surface area contributed by atoms with Crippen molar-refractivity contribution in [2.75, 3.05) is 39.2 Å². The lowest BCUT2D eigenvalue weighted by molar-refractivity contribution is 0.0954. The molecule has 0 aliphatic heterocycles. The molecule has 0 spiro atoms. The number of guanidine groups is 1. The van der Waals surface area contributed by atoms with E-state index in [2.05, 4.69) is 36.9 Å². The maximum Gasteiger partial charge on any atom is 0.251 e. The lowest BCUT2D eigenvalue weighted by Crippen LogP contribution is -2.37. The van der Waals surface area contributed by atoms with Gasteiger partial charge in [-0.15, -0.1) is 0 Å². The van der Waals surface area contributed by atoms with Crippen LogP contribution in [0.15, 0.2) is 51.9 Å². The Morgan fingerprint density at radius 2 is 1.89 bits per heavy atom. The van der Waals surface area contributed by atoms with Crippen LogP contribution < -0.4 is 25.4 Å². The molecule has 8 heteroatoms. The SMILES string of the molecule is CCOc1cc(NC(=NC)NCCNC(=O)c2cccc(Br)c2)ccc1OC. The maximum absolute atomic E-state index is 12.1. The molecule has 0 saturated heterocycles. The summed E-state index contributed by atoms with van der Waals surface area (Å²) in [6.45, 7) is 3.44. The van der Waals surface area contributed by atoms with Gasteiger partial charge in [0.15, 0.2) is 17.5 Å². The summed E-state index contributed by atoms with van der Waals surface area (Å²) in [5, 5.41) is 9.22. The summed E-state index contributed by atoms with van der Waals surface area (Å²) in [5.74, 6) is 1.80. The van der Waals surface area contributed by atoms with Crippen LogP contribution in [0, 0.1) is 0 Å². The lowest BCUT2D eigenvalue weighted by Gasteiger charge is -2.15. The Bertz CT molecular complexity index is 827. The molecule has 7 nitrogen and oxygen atoms in total. The van der Waals surface area contributed by atoms with Crippen molar-refractivity contribution in [1.82, 2.24) is 10.6 Å². The van der Waals surface area contributed by atoms with E-state index in [1.807, 2.05) is 37.3 Å². The van der Waals surface area contributed by atoms with E-state index in [9.17, 15) is 4.79 Å². The molecule has 0 aliphatic carbocycles. The zero-order chi connectivity index (χ0) is 20.4. The number of nitrogens with one attached hydrogen (secondary N) is 3. The highest BCUT2D eigenvalue weighted by Gasteiger charge is 2.08. The Kier molecular flexibility index (Phi) is 8.61. The van der Waals surface area contributed by atoms with Crippen LogP contribution in [0.4, 0.5) is 5.69 Å². The van der Waals surface area contributed by atoms with Gasteiger partial charge in [-0.25, -0.2) is 0 Å². The summed E-state index contributed by atoms with van der Waals surface area (Å²) in [5.41, 5.74) is 1.43. The minimum Gasteiger partial charge on any atom is -0.493 e. The summed E-state index contributed by atoms with van der Waals surface area (Å²) < 4.78 is 11.7. The van der Waals surface area contributed by atoms with Gasteiger partial charge in [-0.1, -0.05) is 22.0 Å². The van der Waals surface area contributed by atoms with Gasteiger partial charge in [-0.3, -0.25) is 9.79 Å². The first-order chi connectivity index (χ1) is 13.6. The summed E-state index contributed by atoms with van der Waals surface area (Å²) >= 11 is 3.36. The van der Waals surface area contributed by atoms with Crippen LogP contribution in [0.3, 0.4) is 0 Å². The number of halogens is 1. The van der Waals surface area contributed by atoms with E-state index in [-0.39, 0.29) is 5.91 Å². The lowest BCUT2D eigenvalue weighted by atomic mass is 10.2. The van der Waals surface area contributed by atoms with Gasteiger partial charge in [0.2, 0.25) is 0 Å². The first-order valence-electron chi connectivity index (χ1n) is 8.89. The monoisotopic (exact) mass is 448 g/mol. The molecule has 0 radical (unpaired) electrons. The number of hydrogen-bond donors (Lipinski definition) is 3. The Morgan fingerprint density at radius 1 is 1.11 bits per heavy atom. The average molecular weight is 449 g/mol. The van der Waals surface area contributed by atoms with Gasteiger partial charge in [0.05, 0.1) is 13.7 Å². The Morgan fingerprint density at radius 3 is 2.57 bits per heavy atom. The molecule has 0 aliphatic rings. The number of ether oxygens (including phenoxy) is 2. The Hall–Kier alpha value is -2.74. The first-order valence-corrected chi connectivity index (χ1v) is 9.69. The fraction of sp³-hybridized carbons (Fsp3) is 0.300. The first kappa shape index (κ1) is 21.6. The number of carbonyl (C=O) groups excluding carboxylic acids is 1. The van der Waals surface area contributed by atoms with Crippen molar-refractivity contribution >= 4 is 33.5 Å². The minimum atomic E-state index is -0.123. The number of amides is 1. The molecule has 0 fully saturated rings. The summed E-state index contributed by atoms with van der Waals surface area (Å²) in [4.78, 5) is 16.3. The van der Waals surface area contributed by atoms with E-state index >= 15 is 0 Å². The molecule has 0 saturated carbocycles. The molecule has 28 heavy (non-hydrogen) atoms. The van der Waals surface area contributed by atoms with Gasteiger partial charge in [0.25, 0.3) is 5.91 Å². The van der Waals surface area contributed by atoms with Crippen LogP contribution in [0.1, 0.15) is 17.3 Å². The molecular weight excluding hydrogens is 424 g/mol. The number of benzene rings is 2. The van der Waals surface area contributed by atoms with Crippen molar-refractivity contribution < 1.29 is 14.3 Å². The van der Waals surface area contributed by atoms with Crippen LogP contribution in [-0.2, 0) is 0 Å². The van der Waals surface area contributed by atoms with E-state index in [0.29, 0.717) is 42.7 Å². The summed E-state index contributed by atoms with van der Waals surface area (Å²) in [6.07, 6.45) is 0. The average Bonchev–Trinajstić information content (AvgIpc) is 2.70. The van der Waals surface area contributed by atoms with Crippen molar-refractivity contribution in [1.29, 1.82) is 0 Å². The second-order valence-electron chi connectivity index (χ2n) is 5.69. The van der Waals surface area contributed by atoms with Crippen LogP contribution >= 0.6 is 15.9 Å². The third-order valence-electron chi connectivity index (χ3n) is 3.74. The fourth-order valence-corrected chi connectivity index (χ4v) is 2.83. The molecule has 0 atom stereocenters. The number of nitrogens with zero attached hydrogens (tertiary/aromatic N) is 1. The fourth-order valence-electron chi connectivity index (χ4n) is 2.43. The van der Waals surface area contributed by atoms with E-state index < -0.39 is 0 Å². The highest BCUT2D eigenvalue weighted by Crippen LogP contribution is 2.30. The normalized spacial score (nSPS) is 10.9. The number of methoxy groups -OCH3 is 1. The van der Waals surface area contributed by atoms with Gasteiger partial charge < -0.3 is 25.4 Å². The largest absolute Gasteiger partial charge is 0.493 e. The number of hydrogen-bond acceptors (Lipinski definition) is 4. The van der Waals surface area contributed by atoms with Crippen LogP contribution in [-0.4, -0.2) is 45.7 Å². The molecule has 3 N–H and O–H groups in total.